The number of nitrogens with zero attached hydrogens (tertiary/aromatic N) is 1. The molecule has 0 radical (unpaired) electrons. The highest BCUT2D eigenvalue weighted by Gasteiger charge is 2.08. The fourth-order valence-electron chi connectivity index (χ4n) is 1.96. The molecule has 1 atom stereocenters. The fraction of sp³-hybridized carbons (Fsp3) is 0.500. The summed E-state index contributed by atoms with van der Waals surface area (Å²) in [5.74, 6) is 1.16. The van der Waals surface area contributed by atoms with Crippen LogP contribution in [0.5, 0.6) is 5.75 Å². The topological polar surface area (TPSA) is 48.0 Å². The summed E-state index contributed by atoms with van der Waals surface area (Å²) < 4.78 is 10.7. The number of rotatable bonds is 10. The predicted octanol–water partition coefficient (Wildman–Crippen LogP) is 3.20. The van der Waals surface area contributed by atoms with Crippen LogP contribution in [0.1, 0.15) is 25.3 Å². The molecule has 0 saturated heterocycles. The summed E-state index contributed by atoms with van der Waals surface area (Å²) in [6.45, 7) is 3.21. The van der Waals surface area contributed by atoms with Crippen molar-refractivity contribution in [2.45, 2.75) is 26.4 Å². The zero-order valence-corrected chi connectivity index (χ0v) is 14.5. The molecule has 0 unspecified atom stereocenters. The molecule has 0 aliphatic heterocycles. The van der Waals surface area contributed by atoms with Gasteiger partial charge in [-0.1, -0.05) is 31.2 Å². The van der Waals surface area contributed by atoms with E-state index in [1.807, 2.05) is 30.3 Å². The first-order valence-electron chi connectivity index (χ1n) is 7.74. The van der Waals surface area contributed by atoms with Crippen LogP contribution in [0.15, 0.2) is 36.4 Å². The Labute approximate surface area is 138 Å². The molecule has 1 aromatic rings. The van der Waals surface area contributed by atoms with Crippen molar-refractivity contribution in [1.29, 1.82) is 0 Å². The first kappa shape index (κ1) is 19.2. The van der Waals surface area contributed by atoms with E-state index in [0.29, 0.717) is 25.6 Å². The van der Waals surface area contributed by atoms with Gasteiger partial charge in [0.25, 0.3) is 0 Å². The minimum Gasteiger partial charge on any atom is -0.497 e. The second kappa shape index (κ2) is 10.8. The van der Waals surface area contributed by atoms with Gasteiger partial charge in [-0.15, -0.1) is 0 Å². The molecular formula is C18H27NO4. The summed E-state index contributed by atoms with van der Waals surface area (Å²) >= 11 is 0. The Kier molecular flexibility index (Phi) is 9.02. The van der Waals surface area contributed by atoms with Gasteiger partial charge < -0.3 is 9.47 Å². The van der Waals surface area contributed by atoms with Crippen molar-refractivity contribution in [2.24, 2.45) is 5.92 Å². The Morgan fingerprint density at radius 2 is 1.96 bits per heavy atom. The molecule has 5 nitrogen and oxygen atoms in total. The molecule has 0 bridgehead atoms. The van der Waals surface area contributed by atoms with Gasteiger partial charge in [0.15, 0.2) is 0 Å². The molecule has 1 amide bonds. The third-order valence-electron chi connectivity index (χ3n) is 3.55. The molecule has 23 heavy (non-hydrogen) atoms. The van der Waals surface area contributed by atoms with E-state index < -0.39 is 0 Å². The number of amides is 1. The van der Waals surface area contributed by atoms with Gasteiger partial charge in [0.1, 0.15) is 5.75 Å². The number of ether oxygens (including phenoxy) is 2. The van der Waals surface area contributed by atoms with Gasteiger partial charge in [-0.2, -0.15) is 0 Å². The van der Waals surface area contributed by atoms with Gasteiger partial charge >= 0.3 is 0 Å². The number of allylic oxidation sites excluding steroid dienone is 1. The van der Waals surface area contributed by atoms with E-state index in [1.54, 1.807) is 14.2 Å². The number of hydroxylamine groups is 2. The van der Waals surface area contributed by atoms with Crippen LogP contribution in [0.4, 0.5) is 0 Å². The summed E-state index contributed by atoms with van der Waals surface area (Å²) in [5.41, 5.74) is 1.11. The quantitative estimate of drug-likeness (QED) is 0.377. The SMILES string of the molecule is COc1ccc(COC/C=C/[C@@H](C)CCC(=O)N(C)OC)cc1. The van der Waals surface area contributed by atoms with E-state index in [9.17, 15) is 4.79 Å². The molecule has 0 heterocycles. The van der Waals surface area contributed by atoms with Crippen LogP contribution < -0.4 is 4.74 Å². The van der Waals surface area contributed by atoms with Crippen LogP contribution in [-0.4, -0.2) is 38.8 Å². The third kappa shape index (κ3) is 7.81. The van der Waals surface area contributed by atoms with Gasteiger partial charge in [-0.05, 0) is 30.0 Å². The van der Waals surface area contributed by atoms with E-state index in [1.165, 1.54) is 12.2 Å². The average molecular weight is 321 g/mol. The monoisotopic (exact) mass is 321 g/mol. The van der Waals surface area contributed by atoms with Crippen LogP contribution in [0.2, 0.25) is 0 Å². The van der Waals surface area contributed by atoms with Gasteiger partial charge in [0.05, 0.1) is 27.4 Å². The van der Waals surface area contributed by atoms with Crippen molar-refractivity contribution >= 4 is 5.91 Å². The maximum atomic E-state index is 11.6. The second-order valence-corrected chi connectivity index (χ2v) is 5.38. The van der Waals surface area contributed by atoms with Gasteiger partial charge in [0.2, 0.25) is 5.91 Å². The van der Waals surface area contributed by atoms with E-state index in [-0.39, 0.29) is 5.91 Å². The highest BCUT2D eigenvalue weighted by molar-refractivity contribution is 5.74. The maximum Gasteiger partial charge on any atom is 0.245 e. The molecule has 0 aliphatic carbocycles. The predicted molar refractivity (Wildman–Crippen MR) is 90.0 cm³/mol. The fourth-order valence-corrected chi connectivity index (χ4v) is 1.96. The highest BCUT2D eigenvalue weighted by atomic mass is 16.7. The first-order valence-corrected chi connectivity index (χ1v) is 7.74. The van der Waals surface area contributed by atoms with Crippen LogP contribution >= 0.6 is 0 Å². The normalized spacial score (nSPS) is 12.3. The minimum atomic E-state index is -0.0106. The number of methoxy groups -OCH3 is 1. The Morgan fingerprint density at radius 3 is 2.57 bits per heavy atom. The van der Waals surface area contributed by atoms with Gasteiger partial charge in [-0.25, -0.2) is 5.06 Å². The Hall–Kier alpha value is -1.85. The molecular weight excluding hydrogens is 294 g/mol. The Balaban J connectivity index is 2.18. The van der Waals surface area contributed by atoms with E-state index in [0.717, 1.165) is 17.7 Å². The molecule has 0 saturated carbocycles. The van der Waals surface area contributed by atoms with Crippen molar-refractivity contribution in [3.63, 3.8) is 0 Å². The summed E-state index contributed by atoms with van der Waals surface area (Å²) in [6, 6.07) is 7.82. The lowest BCUT2D eigenvalue weighted by Crippen LogP contribution is -2.25. The van der Waals surface area contributed by atoms with Gasteiger partial charge in [0, 0.05) is 13.5 Å². The van der Waals surface area contributed by atoms with Crippen LogP contribution in [0, 0.1) is 5.92 Å². The molecule has 0 N–H and O–H groups in total. The molecule has 0 aromatic heterocycles. The van der Waals surface area contributed by atoms with Crippen LogP contribution in [0.3, 0.4) is 0 Å². The zero-order chi connectivity index (χ0) is 17.1. The standard InChI is InChI=1S/C18H27NO4/c1-15(7-12-18(20)19(2)22-4)6-5-13-23-14-16-8-10-17(21-3)11-9-16/h5-6,8-11,15H,7,12-14H2,1-4H3/b6-5+/t15-/m1/s1. The van der Waals surface area contributed by atoms with Crippen LogP contribution in [-0.2, 0) is 21.0 Å². The van der Waals surface area contributed by atoms with Crippen molar-refractivity contribution in [3.05, 3.63) is 42.0 Å². The van der Waals surface area contributed by atoms with Crippen molar-refractivity contribution in [3.8, 4) is 5.75 Å². The molecule has 1 rings (SSSR count). The van der Waals surface area contributed by atoms with Crippen molar-refractivity contribution in [2.75, 3.05) is 27.9 Å². The number of hydrogen-bond donors (Lipinski definition) is 0. The highest BCUT2D eigenvalue weighted by Crippen LogP contribution is 2.12. The average Bonchev–Trinajstić information content (AvgIpc) is 2.59. The molecule has 0 spiro atoms. The Morgan fingerprint density at radius 1 is 1.26 bits per heavy atom. The smallest absolute Gasteiger partial charge is 0.245 e. The third-order valence-corrected chi connectivity index (χ3v) is 3.55. The number of carbonyl (C=O) groups excluding carboxylic acids is 1. The molecule has 0 aliphatic rings. The molecule has 5 heteroatoms. The molecule has 128 valence electrons. The summed E-state index contributed by atoms with van der Waals surface area (Å²) in [7, 11) is 4.76. The van der Waals surface area contributed by atoms with E-state index in [2.05, 4.69) is 13.0 Å². The summed E-state index contributed by atoms with van der Waals surface area (Å²) in [4.78, 5) is 16.5. The van der Waals surface area contributed by atoms with E-state index in [4.69, 9.17) is 14.3 Å². The zero-order valence-electron chi connectivity index (χ0n) is 14.5. The van der Waals surface area contributed by atoms with Crippen molar-refractivity contribution in [1.82, 2.24) is 5.06 Å². The minimum absolute atomic E-state index is 0.0106. The summed E-state index contributed by atoms with van der Waals surface area (Å²) in [5, 5.41) is 1.26. The Bertz CT molecular complexity index is 484. The lowest BCUT2D eigenvalue weighted by atomic mass is 10.1. The lowest BCUT2D eigenvalue weighted by Gasteiger charge is -2.14. The van der Waals surface area contributed by atoms with Gasteiger partial charge in [-0.3, -0.25) is 9.63 Å². The van der Waals surface area contributed by atoms with Crippen molar-refractivity contribution < 1.29 is 19.1 Å². The molecule has 0 fully saturated rings. The maximum absolute atomic E-state index is 11.6. The lowest BCUT2D eigenvalue weighted by molar-refractivity contribution is -0.168. The summed E-state index contributed by atoms with van der Waals surface area (Å²) in [6.07, 6.45) is 5.34. The number of hydrogen-bond acceptors (Lipinski definition) is 4. The second-order valence-electron chi connectivity index (χ2n) is 5.38. The largest absolute Gasteiger partial charge is 0.497 e. The van der Waals surface area contributed by atoms with Crippen LogP contribution in [0.25, 0.3) is 0 Å². The number of benzene rings is 1. The first-order chi connectivity index (χ1) is 11.1. The van der Waals surface area contributed by atoms with E-state index >= 15 is 0 Å². The number of carbonyl (C=O) groups is 1. The molecule has 1 aromatic carbocycles.